The van der Waals surface area contributed by atoms with Crippen LogP contribution >= 0.6 is 361 Å². The molecule has 1 nitrogen and oxygen atoms in total. The predicted octanol–water partition coefficient (Wildman–Crippen LogP) is 12.1. The van der Waals surface area contributed by atoms with Crippen molar-refractivity contribution < 1.29 is 5.11 Å². The van der Waals surface area contributed by atoms with Crippen molar-refractivity contribution in [2.75, 3.05) is 0 Å². The van der Waals surface area contributed by atoms with Gasteiger partial charge in [-0.05, 0) is 45.2 Å². The van der Waals surface area contributed by atoms with Gasteiger partial charge in [0.05, 0.1) is 1.93 Å². The monoisotopic (exact) mass is 2140 g/mol. The van der Waals surface area contributed by atoms with Gasteiger partial charge in [0.1, 0.15) is 8.57 Å². The number of hydrogen-bond acceptors (Lipinski definition) is 1. The van der Waals surface area contributed by atoms with Crippen LogP contribution in [-0.2, 0) is 0 Å². The first kappa shape index (κ1) is 36.6. The highest BCUT2D eigenvalue weighted by Gasteiger charge is 2.75. The Morgan fingerprint density at radius 3 is 0.920 bits per heavy atom. The summed E-state index contributed by atoms with van der Waals surface area (Å²) >= 11 is 40.4. The highest BCUT2D eigenvalue weighted by Crippen LogP contribution is 2.77. The summed E-state index contributed by atoms with van der Waals surface area (Å²) in [5.74, 6) is 0. The summed E-state index contributed by atoms with van der Waals surface area (Å²) in [4.78, 5) is 0. The van der Waals surface area contributed by atoms with Gasteiger partial charge in [-0.15, -0.1) is 0 Å². The fraction of sp³-hybridized carbons (Fsp3) is 1.00. The van der Waals surface area contributed by atoms with Gasteiger partial charge in [-0.2, -0.15) is 0 Å². The Hall–Kier alpha value is 11.6. The summed E-state index contributed by atoms with van der Waals surface area (Å²) in [6, 6.07) is 0. The van der Waals surface area contributed by atoms with Gasteiger partial charge in [0.25, 0.3) is 0 Å². The van der Waals surface area contributed by atoms with Crippen LogP contribution in [0.25, 0.3) is 0 Å². The van der Waals surface area contributed by atoms with Crippen LogP contribution < -0.4 is 0 Å². The van der Waals surface area contributed by atoms with Crippen LogP contribution in [0.3, 0.4) is 0 Å². The van der Waals surface area contributed by atoms with Crippen molar-refractivity contribution in [3.63, 3.8) is 0 Å². The van der Waals surface area contributed by atoms with Crippen LogP contribution in [0.2, 0.25) is 0 Å². The normalized spacial score (nSPS) is 16.6. The fourth-order valence-electron chi connectivity index (χ4n) is 1.13. The van der Waals surface area contributed by atoms with E-state index in [0.29, 0.717) is 1.93 Å². The van der Waals surface area contributed by atoms with Crippen molar-refractivity contribution in [3.8, 4) is 0 Å². The lowest BCUT2D eigenvalue weighted by atomic mass is 10.1. The van der Waals surface area contributed by atoms with E-state index in [9.17, 15) is 5.11 Å². The molecule has 0 aromatic carbocycles. The Morgan fingerprint density at radius 2 is 0.680 bits per heavy atom. The van der Waals surface area contributed by atoms with E-state index in [-0.39, 0.29) is 7.14 Å². The average Bonchev–Trinajstić information content (AvgIpc) is 2.35. The molecule has 17 heteroatoms. The van der Waals surface area contributed by atoms with Crippen molar-refractivity contribution in [1.82, 2.24) is 0 Å². The zero-order chi connectivity index (χ0) is 21.1. The topological polar surface area (TPSA) is 20.2 Å². The summed E-state index contributed by atoms with van der Waals surface area (Å²) < 4.78 is -1.33. The van der Waals surface area contributed by atoms with Crippen molar-refractivity contribution in [2.24, 2.45) is 0 Å². The third kappa shape index (κ3) is 7.86. The summed E-state index contributed by atoms with van der Waals surface area (Å²) in [5, 5.41) is 10.9. The van der Waals surface area contributed by atoms with Crippen molar-refractivity contribution in [1.29, 1.82) is 0 Å². The van der Waals surface area contributed by atoms with E-state index in [1.165, 1.54) is 0 Å². The minimum atomic E-state index is -0.878. The van der Waals surface area contributed by atoms with Crippen LogP contribution in [0.15, 0.2) is 0 Å². The molecule has 0 spiro atoms. The Labute approximate surface area is 366 Å². The first-order valence-electron chi connectivity index (χ1n) is 5.09. The van der Waals surface area contributed by atoms with E-state index >= 15 is 0 Å². The first-order valence-corrected chi connectivity index (χ1v) is 22.7. The third-order valence-electron chi connectivity index (χ3n) is 2.65. The quantitative estimate of drug-likeness (QED) is 0.199. The molecule has 0 radical (unpaired) electrons. The van der Waals surface area contributed by atoms with Gasteiger partial charge >= 0.3 is 0 Å². The SMILES string of the molecule is OC(I)(I)C(I)(I)C(I)(I)C(I)(I)C(I)(I)C(I)(I)C(I)(I)C(I)I. The van der Waals surface area contributed by atoms with Gasteiger partial charge in [0.15, 0.2) is 1.61 Å². The molecule has 0 saturated heterocycles. The highest BCUT2D eigenvalue weighted by atomic mass is 127. The summed E-state index contributed by atoms with van der Waals surface area (Å²) in [6.07, 6.45) is 0. The largest absolute Gasteiger partial charge is 0.369 e. The zero-order valence-electron chi connectivity index (χ0n) is 10.6. The maximum absolute atomic E-state index is 10.9. The number of alkyl halides is 16. The lowest BCUT2D eigenvalue weighted by Gasteiger charge is -2.56. The molecule has 0 rings (SSSR count). The highest BCUT2D eigenvalue weighted by molar-refractivity contribution is 14.2. The molecule has 152 valence electrons. The molecule has 0 aliphatic rings. The Morgan fingerprint density at radius 1 is 0.440 bits per heavy atom. The zero-order valence-corrected chi connectivity index (χ0v) is 45.1. The molecule has 25 heavy (non-hydrogen) atoms. The van der Waals surface area contributed by atoms with Crippen LogP contribution in [0.4, 0.5) is 0 Å². The minimum absolute atomic E-state index is 0.0439. The van der Waals surface area contributed by atoms with E-state index < -0.39 is 3.04 Å². The van der Waals surface area contributed by atoms with Crippen LogP contribution in [0.5, 0.6) is 0 Å². The molecular formula is C8H2I16O. The van der Waals surface area contributed by atoms with Gasteiger partial charge in [-0.3, -0.25) is 0 Å². The molecule has 0 aliphatic heterocycles. The molecule has 0 atom stereocenters. The van der Waals surface area contributed by atoms with Crippen molar-refractivity contribution >= 4 is 361 Å². The average molecular weight is 2140 g/mol. The number of halogens is 16. The second kappa shape index (κ2) is 13.3. The summed E-state index contributed by atoms with van der Waals surface area (Å²) in [5.41, 5.74) is 0. The van der Waals surface area contributed by atoms with Crippen LogP contribution in [0, 0.1) is 0 Å². The maximum atomic E-state index is 10.9. The van der Waals surface area contributed by atoms with Gasteiger partial charge in [0.2, 0.25) is 0 Å². The molecular weight excluding hydrogens is 2140 g/mol. The summed E-state index contributed by atoms with van der Waals surface area (Å²) in [7, 11) is 0. The number of aliphatic hydroxyl groups is 1. The van der Waals surface area contributed by atoms with Crippen LogP contribution in [0.1, 0.15) is 0 Å². The van der Waals surface area contributed by atoms with E-state index in [1.807, 2.05) is 0 Å². The van der Waals surface area contributed by atoms with Gasteiger partial charge in [0, 0.05) is 0 Å². The smallest absolute Gasteiger partial charge is 0.192 e. The van der Waals surface area contributed by atoms with Gasteiger partial charge < -0.3 is 5.11 Å². The molecule has 0 aromatic heterocycles. The molecule has 0 saturated carbocycles. The number of rotatable bonds is 7. The van der Waals surface area contributed by atoms with Crippen LogP contribution in [-0.4, -0.2) is 17.2 Å². The Balaban J connectivity index is 6.50. The summed E-state index contributed by atoms with van der Waals surface area (Å²) in [6.45, 7) is 0. The number of hydrogen-bond donors (Lipinski definition) is 1. The molecule has 0 aromatic rings. The lowest BCUT2D eigenvalue weighted by molar-refractivity contribution is 0.257. The standard InChI is InChI=1S/C8H2I16O/c9-1(10)2(11,12)3(13,14)4(15,16)5(17,18)6(19,20)7(21,22)8(23,24)25/h1,25H. The molecule has 0 amide bonds. The first-order chi connectivity index (χ1) is 10.4. The Kier molecular flexibility index (Phi) is 19.5. The van der Waals surface area contributed by atoms with E-state index in [0.717, 1.165) is 0 Å². The maximum Gasteiger partial charge on any atom is 0.192 e. The van der Waals surface area contributed by atoms with Crippen molar-refractivity contribution in [2.45, 2.75) is 12.1 Å². The fourth-order valence-corrected chi connectivity index (χ4v) is 23.5. The van der Waals surface area contributed by atoms with Crippen molar-refractivity contribution in [3.05, 3.63) is 0 Å². The molecule has 0 fully saturated rings. The van der Waals surface area contributed by atoms with Gasteiger partial charge in [-0.25, -0.2) is 0 Å². The van der Waals surface area contributed by atoms with E-state index in [1.54, 1.807) is 0 Å². The molecule has 0 bridgehead atoms. The molecule has 0 aliphatic carbocycles. The minimum Gasteiger partial charge on any atom is -0.369 e. The Bertz CT molecular complexity index is 487. The lowest BCUT2D eigenvalue weighted by Crippen LogP contribution is -2.66. The molecule has 1 N–H and O–H groups in total. The molecule has 0 heterocycles. The van der Waals surface area contributed by atoms with E-state index in [4.69, 9.17) is 0 Å². The second-order valence-electron chi connectivity index (χ2n) is 4.34. The predicted molar refractivity (Wildman–Crippen MR) is 249 cm³/mol. The van der Waals surface area contributed by atoms with Gasteiger partial charge in [-0.1, -0.05) is 316 Å². The van der Waals surface area contributed by atoms with E-state index in [2.05, 4.69) is 361 Å². The third-order valence-corrected chi connectivity index (χ3v) is 54.7. The molecule has 0 unspecified atom stereocenters. The second-order valence-corrected chi connectivity index (χ2v) is 46.4.